The molecule has 0 bridgehead atoms. The van der Waals surface area contributed by atoms with Crippen molar-refractivity contribution in [2.45, 2.75) is 39.7 Å². The van der Waals surface area contributed by atoms with Crippen molar-refractivity contribution in [1.29, 1.82) is 0 Å². The van der Waals surface area contributed by atoms with Gasteiger partial charge in [0.2, 0.25) is 5.91 Å². The summed E-state index contributed by atoms with van der Waals surface area (Å²) >= 11 is 5.54. The number of hydrogen-bond donors (Lipinski definition) is 2. The lowest BCUT2D eigenvalue weighted by atomic mass is 10.2. The van der Waals surface area contributed by atoms with Crippen molar-refractivity contribution in [3.8, 4) is 0 Å². The van der Waals surface area contributed by atoms with Gasteiger partial charge < -0.3 is 19.8 Å². The third-order valence-corrected chi connectivity index (χ3v) is 2.34. The number of rotatable bonds is 9. The second-order valence-corrected chi connectivity index (χ2v) is 4.26. The van der Waals surface area contributed by atoms with E-state index in [2.05, 4.69) is 4.74 Å². The molecule has 8 heteroatoms. The number of esters is 1. The van der Waals surface area contributed by atoms with Gasteiger partial charge in [0.1, 0.15) is 12.7 Å². The van der Waals surface area contributed by atoms with Gasteiger partial charge in [0, 0.05) is 32.3 Å². The van der Waals surface area contributed by atoms with Crippen LogP contribution in [-0.2, 0) is 19.1 Å². The van der Waals surface area contributed by atoms with Crippen LogP contribution in [0.3, 0.4) is 0 Å². The molecule has 0 aromatic rings. The van der Waals surface area contributed by atoms with E-state index in [1.54, 1.807) is 0 Å². The first-order valence-corrected chi connectivity index (χ1v) is 7.27. The highest BCUT2D eigenvalue weighted by Gasteiger charge is 2.18. The van der Waals surface area contributed by atoms with Gasteiger partial charge in [-0.15, -0.1) is 11.6 Å². The Morgan fingerprint density at radius 3 is 2.24 bits per heavy atom. The largest absolute Gasteiger partial charge is 0.481 e. The minimum Gasteiger partial charge on any atom is -0.481 e. The van der Waals surface area contributed by atoms with E-state index >= 15 is 0 Å². The predicted octanol–water partition coefficient (Wildman–Crippen LogP) is 0.869. The smallest absolute Gasteiger partial charge is 0.303 e. The number of ether oxygens (including phenoxy) is 1. The average molecular weight is 326 g/mol. The number of alkyl halides is 1. The number of halogens is 1. The van der Waals surface area contributed by atoms with E-state index < -0.39 is 23.9 Å². The molecule has 0 heterocycles. The van der Waals surface area contributed by atoms with Crippen LogP contribution in [0.5, 0.6) is 0 Å². The first-order chi connectivity index (χ1) is 9.86. The van der Waals surface area contributed by atoms with E-state index in [9.17, 15) is 19.5 Å². The summed E-state index contributed by atoms with van der Waals surface area (Å²) in [6.07, 6.45) is -1.47. The number of carbonyl (C=O) groups excluding carboxylic acids is 2. The normalized spacial score (nSPS) is 10.9. The van der Waals surface area contributed by atoms with Crippen molar-refractivity contribution in [1.82, 2.24) is 4.90 Å². The van der Waals surface area contributed by atoms with Crippen molar-refractivity contribution in [3.05, 3.63) is 0 Å². The fourth-order valence-electron chi connectivity index (χ4n) is 1.31. The van der Waals surface area contributed by atoms with Gasteiger partial charge in [-0.25, -0.2) is 0 Å². The molecule has 0 aliphatic rings. The van der Waals surface area contributed by atoms with E-state index in [1.165, 1.54) is 11.8 Å². The van der Waals surface area contributed by atoms with Crippen LogP contribution in [0.25, 0.3) is 0 Å². The number of carboxylic acids is 1. The number of nitrogens with zero attached hydrogens (tertiary/aromatic N) is 1. The fourth-order valence-corrected chi connectivity index (χ4v) is 1.52. The van der Waals surface area contributed by atoms with Gasteiger partial charge in [0.15, 0.2) is 0 Å². The summed E-state index contributed by atoms with van der Waals surface area (Å²) in [5.41, 5.74) is 0. The van der Waals surface area contributed by atoms with E-state index in [-0.39, 0.29) is 38.4 Å². The Labute approximate surface area is 129 Å². The van der Waals surface area contributed by atoms with Crippen molar-refractivity contribution in [2.24, 2.45) is 0 Å². The minimum atomic E-state index is -1.07. The van der Waals surface area contributed by atoms with Gasteiger partial charge in [0.25, 0.3) is 0 Å². The molecule has 0 aliphatic carbocycles. The molecule has 1 atom stereocenters. The number of carboxylic acid groups (broad SMARTS) is 1. The SMILES string of the molecule is CC.CC(=O)OCC(O)CN(CCCl)C(=O)CCC(=O)O. The van der Waals surface area contributed by atoms with Crippen LogP contribution in [0, 0.1) is 0 Å². The molecule has 0 spiro atoms. The second-order valence-electron chi connectivity index (χ2n) is 3.88. The second kappa shape index (κ2) is 13.6. The van der Waals surface area contributed by atoms with Crippen molar-refractivity contribution < 1.29 is 29.3 Å². The Morgan fingerprint density at radius 1 is 1.24 bits per heavy atom. The predicted molar refractivity (Wildman–Crippen MR) is 78.2 cm³/mol. The maximum Gasteiger partial charge on any atom is 0.303 e. The summed E-state index contributed by atoms with van der Waals surface area (Å²) < 4.78 is 4.61. The molecule has 0 aliphatic heterocycles. The van der Waals surface area contributed by atoms with Crippen LogP contribution in [0.2, 0.25) is 0 Å². The Balaban J connectivity index is 0. The summed E-state index contributed by atoms with van der Waals surface area (Å²) in [6, 6.07) is 0. The van der Waals surface area contributed by atoms with E-state index in [0.717, 1.165) is 0 Å². The van der Waals surface area contributed by atoms with Crippen molar-refractivity contribution in [3.63, 3.8) is 0 Å². The third kappa shape index (κ3) is 13.4. The standard InChI is InChI=1S/C11H18ClNO6.C2H6/c1-8(14)19-7-9(15)6-13(5-4-12)10(16)2-3-11(17)18;1-2/h9,15H,2-7H2,1H3,(H,17,18);1-2H3. The topological polar surface area (TPSA) is 104 Å². The van der Waals surface area contributed by atoms with Gasteiger partial charge in [-0.3, -0.25) is 14.4 Å². The van der Waals surface area contributed by atoms with Gasteiger partial charge in [-0.2, -0.15) is 0 Å². The summed E-state index contributed by atoms with van der Waals surface area (Å²) in [7, 11) is 0. The van der Waals surface area contributed by atoms with Crippen LogP contribution in [0.4, 0.5) is 0 Å². The van der Waals surface area contributed by atoms with E-state index in [4.69, 9.17) is 16.7 Å². The summed E-state index contributed by atoms with van der Waals surface area (Å²) in [5.74, 6) is -1.84. The van der Waals surface area contributed by atoms with E-state index in [1.807, 2.05) is 13.8 Å². The van der Waals surface area contributed by atoms with Crippen molar-refractivity contribution in [2.75, 3.05) is 25.6 Å². The molecule has 1 amide bonds. The van der Waals surface area contributed by atoms with Crippen LogP contribution >= 0.6 is 11.6 Å². The lowest BCUT2D eigenvalue weighted by molar-refractivity contribution is -0.145. The molecule has 7 nitrogen and oxygen atoms in total. The molecule has 0 rings (SSSR count). The molecular formula is C13H24ClNO6. The van der Waals surface area contributed by atoms with Crippen LogP contribution in [0.1, 0.15) is 33.6 Å². The molecule has 124 valence electrons. The summed E-state index contributed by atoms with van der Waals surface area (Å²) in [6.45, 7) is 5.12. The molecule has 0 saturated carbocycles. The number of aliphatic carboxylic acids is 1. The maximum atomic E-state index is 11.7. The highest BCUT2D eigenvalue weighted by molar-refractivity contribution is 6.18. The molecule has 0 aromatic carbocycles. The molecule has 1 unspecified atom stereocenters. The molecule has 0 fully saturated rings. The average Bonchev–Trinajstić information content (AvgIpc) is 2.44. The van der Waals surface area contributed by atoms with Crippen LogP contribution in [-0.4, -0.2) is 64.6 Å². The first-order valence-electron chi connectivity index (χ1n) is 6.73. The van der Waals surface area contributed by atoms with Gasteiger partial charge in [0.05, 0.1) is 6.42 Å². The number of aliphatic hydroxyl groups is 1. The highest BCUT2D eigenvalue weighted by Crippen LogP contribution is 2.02. The van der Waals surface area contributed by atoms with Crippen molar-refractivity contribution >= 4 is 29.4 Å². The quantitative estimate of drug-likeness (QED) is 0.481. The Morgan fingerprint density at radius 2 is 1.81 bits per heavy atom. The maximum absolute atomic E-state index is 11.7. The number of carbonyl (C=O) groups is 3. The van der Waals surface area contributed by atoms with Gasteiger partial charge in [-0.05, 0) is 0 Å². The van der Waals surface area contributed by atoms with E-state index in [0.29, 0.717) is 0 Å². The molecular weight excluding hydrogens is 302 g/mol. The molecule has 0 saturated heterocycles. The number of aliphatic hydroxyl groups excluding tert-OH is 1. The fraction of sp³-hybridized carbons (Fsp3) is 0.769. The zero-order valence-corrected chi connectivity index (χ0v) is 13.4. The highest BCUT2D eigenvalue weighted by atomic mass is 35.5. The van der Waals surface area contributed by atoms with Crippen LogP contribution in [0.15, 0.2) is 0 Å². The third-order valence-electron chi connectivity index (χ3n) is 2.17. The first kappa shape index (κ1) is 21.9. The van der Waals surface area contributed by atoms with Crippen LogP contribution < -0.4 is 0 Å². The lowest BCUT2D eigenvalue weighted by Gasteiger charge is -2.24. The monoisotopic (exact) mass is 325 g/mol. The van der Waals surface area contributed by atoms with Gasteiger partial charge >= 0.3 is 11.9 Å². The Bertz CT molecular complexity index is 324. The Hall–Kier alpha value is -1.34. The summed E-state index contributed by atoms with van der Waals surface area (Å²) in [5, 5.41) is 18.1. The molecule has 0 aromatic heterocycles. The zero-order chi connectivity index (χ0) is 16.8. The molecule has 2 N–H and O–H groups in total. The lowest BCUT2D eigenvalue weighted by Crippen LogP contribution is -2.40. The molecule has 21 heavy (non-hydrogen) atoms. The Kier molecular flexibility index (Phi) is 14.3. The number of hydrogen-bond acceptors (Lipinski definition) is 5. The molecule has 0 radical (unpaired) electrons. The zero-order valence-electron chi connectivity index (χ0n) is 12.7. The minimum absolute atomic E-state index is 0.0571. The number of amides is 1. The summed E-state index contributed by atoms with van der Waals surface area (Å²) in [4.78, 5) is 33.9. The van der Waals surface area contributed by atoms with Gasteiger partial charge in [-0.1, -0.05) is 13.8 Å².